The number of amides is 2. The molecule has 7 nitrogen and oxygen atoms in total. The Labute approximate surface area is 118 Å². The van der Waals surface area contributed by atoms with Crippen LogP contribution in [0.4, 0.5) is 4.79 Å². The zero-order chi connectivity index (χ0) is 15.3. The highest BCUT2D eigenvalue weighted by atomic mass is 16.5. The molecule has 0 heterocycles. The maximum atomic E-state index is 11.8. The summed E-state index contributed by atoms with van der Waals surface area (Å²) < 4.78 is 4.61. The number of carboxylic acid groups (broad SMARTS) is 1. The van der Waals surface area contributed by atoms with Crippen LogP contribution in [0.2, 0.25) is 0 Å². The van der Waals surface area contributed by atoms with Gasteiger partial charge in [0.2, 0.25) is 0 Å². The van der Waals surface area contributed by atoms with Crippen molar-refractivity contribution >= 4 is 18.0 Å². The van der Waals surface area contributed by atoms with E-state index in [9.17, 15) is 14.4 Å². The lowest BCUT2D eigenvalue weighted by molar-refractivity contribution is -0.154. The molecule has 0 aliphatic heterocycles. The average Bonchev–Trinajstić information content (AvgIpc) is 2.32. The zero-order valence-electron chi connectivity index (χ0n) is 12.1. The van der Waals surface area contributed by atoms with Crippen molar-refractivity contribution in [2.24, 2.45) is 11.3 Å². The van der Waals surface area contributed by atoms with Crippen LogP contribution in [-0.4, -0.2) is 42.8 Å². The third-order valence-corrected chi connectivity index (χ3v) is 3.76. The molecule has 1 rings (SSSR count). The van der Waals surface area contributed by atoms with Crippen LogP contribution in [0, 0.1) is 11.3 Å². The van der Waals surface area contributed by atoms with Gasteiger partial charge in [-0.3, -0.25) is 4.79 Å². The van der Waals surface area contributed by atoms with E-state index >= 15 is 0 Å². The fourth-order valence-electron chi connectivity index (χ4n) is 2.14. The third-order valence-electron chi connectivity index (χ3n) is 3.76. The topological polar surface area (TPSA) is 105 Å². The van der Waals surface area contributed by atoms with E-state index < -0.39 is 29.4 Å². The van der Waals surface area contributed by atoms with Crippen molar-refractivity contribution in [2.75, 3.05) is 13.7 Å². The molecule has 1 atom stereocenters. The minimum atomic E-state index is -0.891. The first-order chi connectivity index (χ1) is 9.32. The van der Waals surface area contributed by atoms with Crippen molar-refractivity contribution in [3.05, 3.63) is 0 Å². The Hall–Kier alpha value is -1.79. The largest absolute Gasteiger partial charge is 0.481 e. The third kappa shape index (κ3) is 3.61. The fourth-order valence-corrected chi connectivity index (χ4v) is 2.14. The van der Waals surface area contributed by atoms with Gasteiger partial charge in [0, 0.05) is 6.54 Å². The first-order valence-electron chi connectivity index (χ1n) is 6.68. The minimum absolute atomic E-state index is 0.0696. The van der Waals surface area contributed by atoms with Gasteiger partial charge in [-0.25, -0.2) is 9.59 Å². The summed E-state index contributed by atoms with van der Waals surface area (Å²) in [5.74, 6) is -1.53. The predicted octanol–water partition coefficient (Wildman–Crippen LogP) is 0.738. The number of ether oxygens (including phenoxy) is 1. The SMILES string of the molecule is COC(=O)C(NC(=O)NCC1(C(=O)O)CCC1)C(C)C. The number of methoxy groups -OCH3 is 1. The maximum Gasteiger partial charge on any atom is 0.328 e. The summed E-state index contributed by atoms with van der Waals surface area (Å²) in [6.45, 7) is 3.64. The van der Waals surface area contributed by atoms with Gasteiger partial charge in [-0.05, 0) is 18.8 Å². The molecule has 0 aromatic rings. The normalized spacial score (nSPS) is 17.8. The van der Waals surface area contributed by atoms with Crippen LogP contribution in [0.3, 0.4) is 0 Å². The molecule has 1 fully saturated rings. The molecule has 3 N–H and O–H groups in total. The van der Waals surface area contributed by atoms with Crippen molar-refractivity contribution in [1.29, 1.82) is 0 Å². The monoisotopic (exact) mass is 286 g/mol. The van der Waals surface area contributed by atoms with Crippen LogP contribution >= 0.6 is 0 Å². The van der Waals surface area contributed by atoms with E-state index in [1.807, 2.05) is 0 Å². The summed E-state index contributed by atoms with van der Waals surface area (Å²) >= 11 is 0. The summed E-state index contributed by atoms with van der Waals surface area (Å²) in [7, 11) is 1.26. The first kappa shape index (κ1) is 16.3. The highest BCUT2D eigenvalue weighted by Gasteiger charge is 2.44. The number of carbonyl (C=O) groups is 3. The summed E-state index contributed by atoms with van der Waals surface area (Å²) in [6, 6.07) is -1.30. The van der Waals surface area contributed by atoms with Crippen LogP contribution in [0.1, 0.15) is 33.1 Å². The summed E-state index contributed by atoms with van der Waals surface area (Å²) in [6.07, 6.45) is 1.98. The van der Waals surface area contributed by atoms with E-state index in [2.05, 4.69) is 15.4 Å². The van der Waals surface area contributed by atoms with Crippen LogP contribution < -0.4 is 10.6 Å². The second kappa shape index (κ2) is 6.58. The first-order valence-corrected chi connectivity index (χ1v) is 6.68. The number of rotatable bonds is 6. The molecular formula is C13H22N2O5. The number of aliphatic carboxylic acids is 1. The molecule has 20 heavy (non-hydrogen) atoms. The smallest absolute Gasteiger partial charge is 0.328 e. The second-order valence-electron chi connectivity index (χ2n) is 5.51. The van der Waals surface area contributed by atoms with Gasteiger partial charge in [0.25, 0.3) is 0 Å². The molecule has 114 valence electrons. The fraction of sp³-hybridized carbons (Fsp3) is 0.769. The Kier molecular flexibility index (Phi) is 5.35. The molecule has 1 unspecified atom stereocenters. The van der Waals surface area contributed by atoms with Crippen molar-refractivity contribution in [1.82, 2.24) is 10.6 Å². The molecular weight excluding hydrogens is 264 g/mol. The van der Waals surface area contributed by atoms with E-state index in [1.165, 1.54) is 7.11 Å². The van der Waals surface area contributed by atoms with Gasteiger partial charge < -0.3 is 20.5 Å². The van der Waals surface area contributed by atoms with Gasteiger partial charge in [-0.15, -0.1) is 0 Å². The molecule has 0 spiro atoms. The lowest BCUT2D eigenvalue weighted by Gasteiger charge is -2.37. The number of hydrogen-bond acceptors (Lipinski definition) is 4. The molecule has 1 aliphatic rings. The summed E-state index contributed by atoms with van der Waals surface area (Å²) in [4.78, 5) is 34.4. The molecule has 7 heteroatoms. The standard InChI is InChI=1S/C13H22N2O5/c1-8(2)9(10(16)20-3)15-12(19)14-7-13(11(17)18)5-4-6-13/h8-9H,4-7H2,1-3H3,(H,17,18)(H2,14,15,19). The number of hydrogen-bond donors (Lipinski definition) is 3. The van der Waals surface area contributed by atoms with Crippen molar-refractivity contribution in [3.8, 4) is 0 Å². The number of carbonyl (C=O) groups excluding carboxylic acids is 2. The molecule has 0 aromatic carbocycles. The van der Waals surface area contributed by atoms with E-state index in [1.54, 1.807) is 13.8 Å². The van der Waals surface area contributed by atoms with Crippen LogP contribution in [-0.2, 0) is 14.3 Å². The van der Waals surface area contributed by atoms with E-state index in [4.69, 9.17) is 5.11 Å². The highest BCUT2D eigenvalue weighted by molar-refractivity contribution is 5.84. The Balaban J connectivity index is 2.50. The average molecular weight is 286 g/mol. The highest BCUT2D eigenvalue weighted by Crippen LogP contribution is 2.40. The molecule has 0 radical (unpaired) electrons. The van der Waals surface area contributed by atoms with Crippen LogP contribution in [0.15, 0.2) is 0 Å². The lowest BCUT2D eigenvalue weighted by atomic mass is 9.69. The summed E-state index contributed by atoms with van der Waals surface area (Å²) in [5.41, 5.74) is -0.851. The van der Waals surface area contributed by atoms with Gasteiger partial charge in [0.1, 0.15) is 6.04 Å². The Morgan fingerprint density at radius 2 is 1.90 bits per heavy atom. The maximum absolute atomic E-state index is 11.8. The number of urea groups is 1. The van der Waals surface area contributed by atoms with Gasteiger partial charge >= 0.3 is 18.0 Å². The Morgan fingerprint density at radius 1 is 1.30 bits per heavy atom. The van der Waals surface area contributed by atoms with Gasteiger partial charge in [-0.2, -0.15) is 0 Å². The number of esters is 1. The molecule has 0 bridgehead atoms. The Morgan fingerprint density at radius 3 is 2.25 bits per heavy atom. The lowest BCUT2D eigenvalue weighted by Crippen LogP contribution is -2.53. The quantitative estimate of drug-likeness (QED) is 0.625. The van der Waals surface area contributed by atoms with Crippen molar-refractivity contribution in [3.63, 3.8) is 0 Å². The van der Waals surface area contributed by atoms with E-state index in [-0.39, 0.29) is 12.5 Å². The molecule has 2 amide bonds. The Bertz CT molecular complexity index is 390. The van der Waals surface area contributed by atoms with Gasteiger partial charge in [0.15, 0.2) is 0 Å². The second-order valence-corrected chi connectivity index (χ2v) is 5.51. The van der Waals surface area contributed by atoms with Crippen LogP contribution in [0.5, 0.6) is 0 Å². The van der Waals surface area contributed by atoms with Gasteiger partial charge in [-0.1, -0.05) is 20.3 Å². The predicted molar refractivity (Wildman–Crippen MR) is 71.1 cm³/mol. The minimum Gasteiger partial charge on any atom is -0.481 e. The van der Waals surface area contributed by atoms with E-state index in [0.29, 0.717) is 12.8 Å². The molecule has 0 aromatic heterocycles. The number of carboxylic acids is 1. The summed E-state index contributed by atoms with van der Waals surface area (Å²) in [5, 5.41) is 14.2. The molecule has 0 saturated heterocycles. The van der Waals surface area contributed by atoms with Crippen LogP contribution in [0.25, 0.3) is 0 Å². The number of nitrogens with one attached hydrogen (secondary N) is 2. The molecule has 1 aliphatic carbocycles. The van der Waals surface area contributed by atoms with E-state index in [0.717, 1.165) is 6.42 Å². The van der Waals surface area contributed by atoms with Crippen molar-refractivity contribution in [2.45, 2.75) is 39.2 Å². The van der Waals surface area contributed by atoms with Crippen molar-refractivity contribution < 1.29 is 24.2 Å². The zero-order valence-corrected chi connectivity index (χ0v) is 12.1. The van der Waals surface area contributed by atoms with Gasteiger partial charge in [0.05, 0.1) is 12.5 Å². The molecule has 1 saturated carbocycles.